The van der Waals surface area contributed by atoms with Crippen molar-refractivity contribution in [2.24, 2.45) is 0 Å². The van der Waals surface area contributed by atoms with E-state index in [1.165, 1.54) is 0 Å². The molecule has 0 N–H and O–H groups in total. The van der Waals surface area contributed by atoms with E-state index in [-0.39, 0.29) is 25.7 Å². The number of hydrogen-bond donors (Lipinski definition) is 0. The molecule has 12 aromatic carbocycles. The second-order valence-electron chi connectivity index (χ2n) is 25.6. The molecule has 0 aromatic heterocycles. The molecule has 13 rings (SSSR count). The molecule has 504 valence electrons. The van der Waals surface area contributed by atoms with Crippen LogP contribution in [0, 0.1) is 0 Å². The summed E-state index contributed by atoms with van der Waals surface area (Å²) in [6.07, 6.45) is 3.43. The highest BCUT2D eigenvalue weighted by Crippen LogP contribution is 2.51. The molecule has 0 unspecified atom stereocenters. The maximum atomic E-state index is 17.3. The van der Waals surface area contributed by atoms with E-state index in [0.29, 0.717) is 139 Å². The van der Waals surface area contributed by atoms with Crippen LogP contribution in [0.5, 0.6) is 23.0 Å². The maximum absolute atomic E-state index is 17.3. The first-order chi connectivity index (χ1) is 48.9. The summed E-state index contributed by atoms with van der Waals surface area (Å²) in [5, 5.41) is 7.71. The van der Waals surface area contributed by atoms with E-state index in [4.69, 9.17) is 18.9 Å². The summed E-state index contributed by atoms with van der Waals surface area (Å²) in [6.45, 7) is 9.78. The largest absolute Gasteiger partial charge is 0.493 e. The predicted molar refractivity (Wildman–Crippen MR) is 418 cm³/mol. The van der Waals surface area contributed by atoms with Crippen LogP contribution in [0.1, 0.15) is 97.9 Å². The SMILES string of the molecule is CCCOc1c2cc(P(=O)(c3ccccc3)c3ccccc3)cc1Cc1cc(P(=O)(c3ccccc3)c3ccccc3)cc(c1OCCC)Cc1cc(P(=O)(c3ccccc3)c3ccccc3)cc(c1OCCC)Cc1cc(P(=O)(c3ccccc3)c3ccccc3)cc(c1OCCC)C2. The summed E-state index contributed by atoms with van der Waals surface area (Å²) in [7, 11) is -15.0. The number of benzene rings is 12. The highest BCUT2D eigenvalue weighted by Gasteiger charge is 2.38. The van der Waals surface area contributed by atoms with Crippen molar-refractivity contribution in [1.82, 2.24) is 0 Å². The molecule has 0 fully saturated rings. The summed E-state index contributed by atoms with van der Waals surface area (Å²) in [5.41, 5.74) is 5.95. The lowest BCUT2D eigenvalue weighted by molar-refractivity contribution is 0.305. The molecule has 0 atom stereocenters. The van der Waals surface area contributed by atoms with Crippen LogP contribution in [-0.4, -0.2) is 26.4 Å². The van der Waals surface area contributed by atoms with Gasteiger partial charge in [0.2, 0.25) is 0 Å². The van der Waals surface area contributed by atoms with Gasteiger partial charge in [0, 0.05) is 89.3 Å². The van der Waals surface area contributed by atoms with Gasteiger partial charge in [-0.25, -0.2) is 0 Å². The van der Waals surface area contributed by atoms with Crippen LogP contribution >= 0.6 is 28.6 Å². The molecule has 0 spiro atoms. The molecule has 12 heteroatoms. The van der Waals surface area contributed by atoms with E-state index in [2.05, 4.69) is 76.2 Å². The first-order valence-electron chi connectivity index (χ1n) is 34.9. The number of ether oxygens (including phenoxy) is 4. The lowest BCUT2D eigenvalue weighted by Gasteiger charge is -2.28. The molecule has 0 amide bonds. The standard InChI is InChI=1S/C88H84O8P4/c1-5-49-93-85-65-53-67-59-82(98(90,75-37-21-11-22-38-75)76-39-23-12-24-40-76)61-69(86(67)94-50-6-2)55-71-63-84(100(92,79-45-29-15-30-46-79)80-47-31-16-32-48-80)64-72(88(71)96-52-8-4)56-70-62-83(99(91,77-41-25-13-26-42-77)78-43-27-14-28-44-78)60-68(87(70)95-51-7-3)54-66(85)58-81(57-65)97(89,73-33-17-9-18-34-73)74-35-19-10-20-36-74/h9-48,57-64H,5-8,49-56H2,1-4H3. The molecule has 8 nitrogen and oxygen atoms in total. The van der Waals surface area contributed by atoms with E-state index in [1.54, 1.807) is 0 Å². The highest BCUT2D eigenvalue weighted by molar-refractivity contribution is 7.86. The monoisotopic (exact) mass is 1390 g/mol. The van der Waals surface area contributed by atoms with Crippen molar-refractivity contribution in [3.05, 3.63) is 336 Å². The van der Waals surface area contributed by atoms with Crippen LogP contribution in [-0.2, 0) is 43.9 Å². The van der Waals surface area contributed by atoms with E-state index in [9.17, 15) is 0 Å². The Balaban J connectivity index is 1.22. The molecule has 12 aromatic rings. The van der Waals surface area contributed by atoms with Gasteiger partial charge in [0.15, 0.2) is 28.6 Å². The van der Waals surface area contributed by atoms with Crippen molar-refractivity contribution < 1.29 is 37.2 Å². The Morgan fingerprint density at radius 3 is 0.460 bits per heavy atom. The third kappa shape index (κ3) is 13.8. The van der Waals surface area contributed by atoms with E-state index >= 15 is 18.3 Å². The Labute approximate surface area is 590 Å². The van der Waals surface area contributed by atoms with Crippen molar-refractivity contribution in [3.63, 3.8) is 0 Å². The molecule has 1 aliphatic carbocycles. The summed E-state index contributed by atoms with van der Waals surface area (Å²) in [5.74, 6) is 2.44. The second-order valence-corrected chi connectivity index (χ2v) is 36.7. The fourth-order valence-electron chi connectivity index (χ4n) is 14.0. The van der Waals surface area contributed by atoms with Crippen molar-refractivity contribution in [3.8, 4) is 23.0 Å². The molecular formula is C88H84O8P4. The van der Waals surface area contributed by atoms with Crippen molar-refractivity contribution >= 4 is 92.2 Å². The van der Waals surface area contributed by atoms with Gasteiger partial charge in [-0.2, -0.15) is 0 Å². The van der Waals surface area contributed by atoms with Crippen molar-refractivity contribution in [2.45, 2.75) is 79.1 Å². The third-order valence-corrected chi connectivity index (χ3v) is 30.8. The minimum atomic E-state index is -3.76. The lowest BCUT2D eigenvalue weighted by Crippen LogP contribution is -2.28. The van der Waals surface area contributed by atoms with Gasteiger partial charge >= 0.3 is 0 Å². The van der Waals surface area contributed by atoms with Gasteiger partial charge in [0.1, 0.15) is 23.0 Å². The molecule has 8 bridgehead atoms. The summed E-state index contributed by atoms with van der Waals surface area (Å²) in [4.78, 5) is 0. The van der Waals surface area contributed by atoms with Crippen LogP contribution in [0.15, 0.2) is 291 Å². The normalized spacial score (nSPS) is 12.5. The summed E-state index contributed by atoms with van der Waals surface area (Å²) >= 11 is 0. The van der Waals surface area contributed by atoms with Gasteiger partial charge in [0.05, 0.1) is 26.4 Å². The lowest BCUT2D eigenvalue weighted by atomic mass is 9.91. The first kappa shape index (κ1) is 69.2. The maximum Gasteiger partial charge on any atom is 0.171 e. The fraction of sp³-hybridized carbons (Fsp3) is 0.182. The molecule has 100 heavy (non-hydrogen) atoms. The molecule has 0 radical (unpaired) electrons. The molecule has 1 aliphatic rings. The van der Waals surface area contributed by atoms with Gasteiger partial charge in [-0.05, 0) is 119 Å². The topological polar surface area (TPSA) is 105 Å². The molecule has 0 aliphatic heterocycles. The third-order valence-electron chi connectivity index (χ3n) is 18.6. The Bertz CT molecular complexity index is 4100. The van der Waals surface area contributed by atoms with Crippen LogP contribution in [0.25, 0.3) is 0 Å². The fourth-order valence-corrected chi connectivity index (χ4v) is 25.0. The Morgan fingerprint density at radius 2 is 0.340 bits per heavy atom. The van der Waals surface area contributed by atoms with Gasteiger partial charge in [-0.15, -0.1) is 0 Å². The molecule has 0 heterocycles. The molecule has 0 saturated carbocycles. The Kier molecular flexibility index (Phi) is 21.5. The van der Waals surface area contributed by atoms with E-state index in [1.807, 2.05) is 243 Å². The zero-order valence-electron chi connectivity index (χ0n) is 57.3. The van der Waals surface area contributed by atoms with Gasteiger partial charge in [-0.1, -0.05) is 270 Å². The zero-order valence-corrected chi connectivity index (χ0v) is 60.8. The van der Waals surface area contributed by atoms with E-state index in [0.717, 1.165) is 44.5 Å². The highest BCUT2D eigenvalue weighted by atomic mass is 31.2. The molecular weight excluding hydrogens is 1310 g/mol. The number of fused-ring (bicyclic) bond motifs is 8. The quantitative estimate of drug-likeness (QED) is 0.0551. The van der Waals surface area contributed by atoms with Crippen LogP contribution in [0.2, 0.25) is 0 Å². The second kappa shape index (κ2) is 31.1. The average molecular weight is 1390 g/mol. The van der Waals surface area contributed by atoms with Crippen molar-refractivity contribution in [2.75, 3.05) is 26.4 Å². The summed E-state index contributed by atoms with van der Waals surface area (Å²) in [6, 6.07) is 94.6. The average Bonchev–Trinajstić information content (AvgIpc) is 0.752. The van der Waals surface area contributed by atoms with Crippen molar-refractivity contribution in [1.29, 1.82) is 0 Å². The Hall–Kier alpha value is -9.24. The van der Waals surface area contributed by atoms with Crippen LogP contribution in [0.3, 0.4) is 0 Å². The van der Waals surface area contributed by atoms with E-state index < -0.39 is 28.6 Å². The Morgan fingerprint density at radius 1 is 0.210 bits per heavy atom. The van der Waals surface area contributed by atoms with Gasteiger partial charge in [0.25, 0.3) is 0 Å². The smallest absolute Gasteiger partial charge is 0.171 e. The minimum Gasteiger partial charge on any atom is -0.493 e. The molecule has 0 saturated heterocycles. The number of hydrogen-bond acceptors (Lipinski definition) is 8. The van der Waals surface area contributed by atoms with Crippen LogP contribution in [0.4, 0.5) is 0 Å². The first-order valence-corrected chi connectivity index (χ1v) is 41.8. The van der Waals surface area contributed by atoms with Gasteiger partial charge in [-0.3, -0.25) is 0 Å². The number of rotatable bonds is 24. The zero-order chi connectivity index (χ0) is 69.1. The predicted octanol–water partition coefficient (Wildman–Crippen LogP) is 16.1. The van der Waals surface area contributed by atoms with Gasteiger partial charge < -0.3 is 37.2 Å². The van der Waals surface area contributed by atoms with Crippen LogP contribution < -0.4 is 82.6 Å². The minimum absolute atomic E-state index is 0.177. The summed E-state index contributed by atoms with van der Waals surface area (Å²) < 4.78 is 98.3.